The average Bonchev–Trinajstić information content (AvgIpc) is 2.42. The van der Waals surface area contributed by atoms with E-state index in [2.05, 4.69) is 0 Å². The summed E-state index contributed by atoms with van der Waals surface area (Å²) in [5.41, 5.74) is -0.665. The summed E-state index contributed by atoms with van der Waals surface area (Å²) >= 11 is 0. The molecule has 1 aromatic carbocycles. The van der Waals surface area contributed by atoms with Gasteiger partial charge < -0.3 is 14.7 Å². The number of carbonyl (C=O) groups excluding carboxylic acids is 1. The fourth-order valence-corrected chi connectivity index (χ4v) is 1.71. The molecule has 1 rings (SSSR count). The van der Waals surface area contributed by atoms with Crippen LogP contribution in [0.2, 0.25) is 0 Å². The first-order valence-corrected chi connectivity index (χ1v) is 5.74. The maximum atomic E-state index is 12.3. The third kappa shape index (κ3) is 3.22. The van der Waals surface area contributed by atoms with Crippen molar-refractivity contribution in [2.45, 2.75) is 6.92 Å². The highest BCUT2D eigenvalue weighted by molar-refractivity contribution is 6.02. The lowest BCUT2D eigenvalue weighted by Gasteiger charge is -2.19. The SMILES string of the molecule is CCN(CC(=O)O)C(=O)c1c(OC)cccc1[N+](=O)[O-]. The molecule has 0 spiro atoms. The van der Waals surface area contributed by atoms with Crippen LogP contribution < -0.4 is 4.74 Å². The van der Waals surface area contributed by atoms with E-state index in [9.17, 15) is 19.7 Å². The van der Waals surface area contributed by atoms with E-state index in [1.54, 1.807) is 6.92 Å². The molecular weight excluding hydrogens is 268 g/mol. The minimum Gasteiger partial charge on any atom is -0.496 e. The van der Waals surface area contributed by atoms with Crippen LogP contribution in [-0.2, 0) is 4.79 Å². The first-order chi connectivity index (χ1) is 9.42. The molecule has 1 aromatic rings. The molecule has 0 unspecified atom stereocenters. The smallest absolute Gasteiger partial charge is 0.323 e. The number of methoxy groups -OCH3 is 1. The minimum atomic E-state index is -1.20. The number of ether oxygens (including phenoxy) is 1. The van der Waals surface area contributed by atoms with Crippen LogP contribution in [0.25, 0.3) is 0 Å². The van der Waals surface area contributed by atoms with Gasteiger partial charge in [-0.25, -0.2) is 0 Å². The summed E-state index contributed by atoms with van der Waals surface area (Å²) in [7, 11) is 1.28. The van der Waals surface area contributed by atoms with Crippen molar-refractivity contribution in [3.8, 4) is 5.75 Å². The van der Waals surface area contributed by atoms with E-state index in [0.717, 1.165) is 4.90 Å². The van der Waals surface area contributed by atoms with Crippen LogP contribution in [-0.4, -0.2) is 47.0 Å². The molecule has 20 heavy (non-hydrogen) atoms. The lowest BCUT2D eigenvalue weighted by molar-refractivity contribution is -0.385. The van der Waals surface area contributed by atoms with E-state index in [4.69, 9.17) is 9.84 Å². The van der Waals surface area contributed by atoms with Gasteiger partial charge in [-0.3, -0.25) is 19.7 Å². The van der Waals surface area contributed by atoms with Crippen molar-refractivity contribution in [1.82, 2.24) is 4.90 Å². The van der Waals surface area contributed by atoms with Crippen molar-refractivity contribution in [3.63, 3.8) is 0 Å². The van der Waals surface area contributed by atoms with Gasteiger partial charge in [0, 0.05) is 12.6 Å². The predicted molar refractivity (Wildman–Crippen MR) is 68.9 cm³/mol. The molecule has 0 aromatic heterocycles. The van der Waals surface area contributed by atoms with E-state index < -0.39 is 29.0 Å². The zero-order valence-electron chi connectivity index (χ0n) is 11.0. The number of rotatable bonds is 6. The number of benzene rings is 1. The molecule has 0 atom stereocenters. The van der Waals surface area contributed by atoms with Crippen LogP contribution in [0.5, 0.6) is 5.75 Å². The highest BCUT2D eigenvalue weighted by atomic mass is 16.6. The van der Waals surface area contributed by atoms with Gasteiger partial charge in [0.05, 0.1) is 12.0 Å². The minimum absolute atomic E-state index is 0.0352. The van der Waals surface area contributed by atoms with Crippen LogP contribution in [0.3, 0.4) is 0 Å². The molecule has 0 aliphatic rings. The number of hydrogen-bond donors (Lipinski definition) is 1. The summed E-state index contributed by atoms with van der Waals surface area (Å²) in [5.74, 6) is -1.91. The molecule has 8 nitrogen and oxygen atoms in total. The number of amides is 1. The van der Waals surface area contributed by atoms with Crippen LogP contribution in [0, 0.1) is 10.1 Å². The lowest BCUT2D eigenvalue weighted by Crippen LogP contribution is -2.36. The Morgan fingerprint density at radius 1 is 1.45 bits per heavy atom. The molecule has 0 radical (unpaired) electrons. The first-order valence-electron chi connectivity index (χ1n) is 5.74. The van der Waals surface area contributed by atoms with Gasteiger partial charge in [-0.05, 0) is 13.0 Å². The summed E-state index contributed by atoms with van der Waals surface area (Å²) in [4.78, 5) is 34.3. The van der Waals surface area contributed by atoms with Crippen molar-refractivity contribution in [1.29, 1.82) is 0 Å². The third-order valence-electron chi connectivity index (χ3n) is 2.63. The van der Waals surface area contributed by atoms with E-state index in [1.807, 2.05) is 0 Å². The molecule has 0 saturated heterocycles. The highest BCUT2D eigenvalue weighted by Crippen LogP contribution is 2.29. The van der Waals surface area contributed by atoms with E-state index in [-0.39, 0.29) is 17.9 Å². The Kier molecular flexibility index (Phi) is 5.01. The second-order valence-electron chi connectivity index (χ2n) is 3.82. The van der Waals surface area contributed by atoms with Crippen LogP contribution in [0.15, 0.2) is 18.2 Å². The zero-order chi connectivity index (χ0) is 15.3. The quantitative estimate of drug-likeness (QED) is 0.619. The maximum absolute atomic E-state index is 12.3. The largest absolute Gasteiger partial charge is 0.496 e. The third-order valence-corrected chi connectivity index (χ3v) is 2.63. The lowest BCUT2D eigenvalue weighted by atomic mass is 10.1. The summed E-state index contributed by atoms with van der Waals surface area (Å²) in [6.07, 6.45) is 0. The fourth-order valence-electron chi connectivity index (χ4n) is 1.71. The van der Waals surface area contributed by atoms with E-state index in [1.165, 1.54) is 25.3 Å². The Morgan fingerprint density at radius 2 is 2.10 bits per heavy atom. The molecule has 1 N–H and O–H groups in total. The molecule has 0 aliphatic carbocycles. The second kappa shape index (κ2) is 6.50. The molecule has 0 heterocycles. The number of carboxylic acid groups (broad SMARTS) is 1. The fraction of sp³-hybridized carbons (Fsp3) is 0.333. The number of nitro benzene ring substituents is 1. The van der Waals surface area contributed by atoms with Crippen molar-refractivity contribution in [2.75, 3.05) is 20.2 Å². The van der Waals surface area contributed by atoms with Gasteiger partial charge in [0.15, 0.2) is 5.56 Å². The van der Waals surface area contributed by atoms with Gasteiger partial charge in [0.1, 0.15) is 12.3 Å². The molecule has 1 amide bonds. The molecule has 0 aliphatic heterocycles. The Labute approximate surface area is 114 Å². The van der Waals surface area contributed by atoms with Gasteiger partial charge in [0.2, 0.25) is 0 Å². The molecule has 8 heteroatoms. The summed E-state index contributed by atoms with van der Waals surface area (Å²) < 4.78 is 4.96. The molecule has 0 fully saturated rings. The number of aliphatic carboxylic acids is 1. The van der Waals surface area contributed by atoms with E-state index in [0.29, 0.717) is 0 Å². The van der Waals surface area contributed by atoms with E-state index >= 15 is 0 Å². The number of nitrogens with zero attached hydrogens (tertiary/aromatic N) is 2. The van der Waals surface area contributed by atoms with Crippen molar-refractivity contribution >= 4 is 17.6 Å². The van der Waals surface area contributed by atoms with Gasteiger partial charge in [0.25, 0.3) is 11.6 Å². The van der Waals surface area contributed by atoms with Crippen molar-refractivity contribution in [2.24, 2.45) is 0 Å². The molecule has 0 bridgehead atoms. The molecule has 0 saturated carbocycles. The standard InChI is InChI=1S/C12H14N2O6/c1-3-13(7-10(15)16)12(17)11-8(14(18)19)5-4-6-9(11)20-2/h4-6H,3,7H2,1-2H3,(H,15,16). The Morgan fingerprint density at radius 3 is 2.55 bits per heavy atom. The number of carbonyl (C=O) groups is 2. The topological polar surface area (TPSA) is 110 Å². The number of likely N-dealkylation sites (N-methyl/N-ethyl adjacent to an activating group) is 1. The van der Waals surface area contributed by atoms with Gasteiger partial charge >= 0.3 is 5.97 Å². The maximum Gasteiger partial charge on any atom is 0.323 e. The van der Waals surface area contributed by atoms with Gasteiger partial charge in [-0.2, -0.15) is 0 Å². The predicted octanol–water partition coefficient (Wildman–Crippen LogP) is 1.15. The monoisotopic (exact) mass is 282 g/mol. The average molecular weight is 282 g/mol. The summed E-state index contributed by atoms with van der Waals surface area (Å²) in [5, 5.41) is 19.7. The summed E-state index contributed by atoms with van der Waals surface area (Å²) in [6.45, 7) is 1.16. The van der Waals surface area contributed by atoms with Gasteiger partial charge in [-0.1, -0.05) is 6.07 Å². The second-order valence-corrected chi connectivity index (χ2v) is 3.82. The molecule has 108 valence electrons. The van der Waals surface area contributed by atoms with Crippen LogP contribution >= 0.6 is 0 Å². The Balaban J connectivity index is 3.31. The van der Waals surface area contributed by atoms with Crippen molar-refractivity contribution < 1.29 is 24.4 Å². The van der Waals surface area contributed by atoms with Crippen molar-refractivity contribution in [3.05, 3.63) is 33.9 Å². The normalized spacial score (nSPS) is 9.90. The van der Waals surface area contributed by atoms with Crippen LogP contribution in [0.1, 0.15) is 17.3 Å². The number of hydrogen-bond acceptors (Lipinski definition) is 5. The first kappa shape index (κ1) is 15.4. The summed E-state index contributed by atoms with van der Waals surface area (Å²) in [6, 6.07) is 3.97. The number of carboxylic acids is 1. The molecular formula is C12H14N2O6. The van der Waals surface area contributed by atoms with Gasteiger partial charge in [-0.15, -0.1) is 0 Å². The highest BCUT2D eigenvalue weighted by Gasteiger charge is 2.29. The zero-order valence-corrected chi connectivity index (χ0v) is 11.0. The Hall–Kier alpha value is -2.64. The number of nitro groups is 1. The van der Waals surface area contributed by atoms with Crippen LogP contribution in [0.4, 0.5) is 5.69 Å². The Bertz CT molecular complexity index is 543.